The molecule has 0 amide bonds. The van der Waals surface area contributed by atoms with Crippen molar-refractivity contribution < 1.29 is 19.1 Å². The third-order valence-corrected chi connectivity index (χ3v) is 17.6. The number of ether oxygens (including phenoxy) is 2. The van der Waals surface area contributed by atoms with Crippen LogP contribution in [0.2, 0.25) is 0 Å². The first-order chi connectivity index (χ1) is 36.1. The zero-order valence-electron chi connectivity index (χ0n) is 41.2. The number of thiazole rings is 2. The molecule has 0 aliphatic carbocycles. The van der Waals surface area contributed by atoms with Crippen LogP contribution < -0.4 is 9.80 Å². The summed E-state index contributed by atoms with van der Waals surface area (Å²) in [6.45, 7) is 4.23. The van der Waals surface area contributed by atoms with E-state index < -0.39 is 0 Å². The number of hydrogen-bond acceptors (Lipinski definition) is 12. The monoisotopic (exact) mass is 1040 g/mol. The molecule has 0 saturated heterocycles. The Kier molecular flexibility index (Phi) is 14.0. The number of carbonyl (C=O) groups is 2. The molecular formula is C62H50N4O4S4. The zero-order chi connectivity index (χ0) is 50.7. The fourth-order valence-electron chi connectivity index (χ4n) is 9.07. The van der Waals surface area contributed by atoms with E-state index in [9.17, 15) is 9.59 Å². The summed E-state index contributed by atoms with van der Waals surface area (Å²) in [4.78, 5) is 43.0. The van der Waals surface area contributed by atoms with E-state index in [0.29, 0.717) is 25.7 Å². The number of hydrogen-bond donors (Lipinski definition) is 0. The number of nitrogens with zero attached hydrogens (tertiary/aromatic N) is 4. The highest BCUT2D eigenvalue weighted by Crippen LogP contribution is 2.44. The van der Waals surface area contributed by atoms with Crippen LogP contribution in [0.4, 0.5) is 34.1 Å². The van der Waals surface area contributed by atoms with Gasteiger partial charge >= 0.3 is 11.9 Å². The molecule has 0 aliphatic rings. The number of fused-ring (bicyclic) bond motifs is 2. The van der Waals surface area contributed by atoms with Crippen molar-refractivity contribution in [2.24, 2.45) is 0 Å². The van der Waals surface area contributed by atoms with E-state index in [2.05, 4.69) is 206 Å². The highest BCUT2D eigenvalue weighted by molar-refractivity contribution is 7.28. The van der Waals surface area contributed by atoms with E-state index in [1.807, 2.05) is 0 Å². The maximum absolute atomic E-state index is 11.8. The van der Waals surface area contributed by atoms with E-state index in [0.717, 1.165) is 96.6 Å². The number of esters is 2. The summed E-state index contributed by atoms with van der Waals surface area (Å²) in [5, 5.41) is 2.01. The summed E-state index contributed by atoms with van der Waals surface area (Å²) in [5.41, 5.74) is 15.2. The van der Waals surface area contributed by atoms with Crippen LogP contribution in [0.15, 0.2) is 182 Å². The number of benzene rings is 7. The molecule has 0 atom stereocenters. The number of thiophene rings is 2. The minimum atomic E-state index is -0.204. The second-order valence-corrected chi connectivity index (χ2v) is 22.3. The molecule has 0 spiro atoms. The van der Waals surface area contributed by atoms with Crippen LogP contribution in [-0.4, -0.2) is 36.1 Å². The maximum Gasteiger partial charge on any atom is 0.305 e. The van der Waals surface area contributed by atoms with Crippen molar-refractivity contribution in [3.8, 4) is 40.7 Å². The van der Waals surface area contributed by atoms with Gasteiger partial charge in [-0.05, 0) is 169 Å². The topological polar surface area (TPSA) is 84.9 Å². The summed E-state index contributed by atoms with van der Waals surface area (Å²) in [7, 11) is 2.85. The van der Waals surface area contributed by atoms with Crippen LogP contribution >= 0.6 is 45.3 Å². The largest absolute Gasteiger partial charge is 0.469 e. The molecule has 8 nitrogen and oxygen atoms in total. The lowest BCUT2D eigenvalue weighted by Crippen LogP contribution is -2.10. The van der Waals surface area contributed by atoms with Crippen LogP contribution in [0.5, 0.6) is 0 Å². The van der Waals surface area contributed by atoms with Crippen molar-refractivity contribution in [1.29, 1.82) is 0 Å². The minimum absolute atomic E-state index is 0.204. The van der Waals surface area contributed by atoms with Crippen LogP contribution in [0, 0.1) is 13.8 Å². The third kappa shape index (κ3) is 10.5. The number of methoxy groups -OCH3 is 2. The number of carbonyl (C=O) groups excluding carboxylic acids is 2. The summed E-state index contributed by atoms with van der Waals surface area (Å²) in [6, 6.07) is 64.6. The van der Waals surface area contributed by atoms with E-state index in [4.69, 9.17) is 19.4 Å². The van der Waals surface area contributed by atoms with Crippen LogP contribution in [0.3, 0.4) is 0 Å². The Morgan fingerprint density at radius 2 is 0.784 bits per heavy atom. The molecule has 74 heavy (non-hydrogen) atoms. The van der Waals surface area contributed by atoms with Gasteiger partial charge in [0.15, 0.2) is 0 Å². The van der Waals surface area contributed by atoms with Gasteiger partial charge in [0.25, 0.3) is 0 Å². The van der Waals surface area contributed by atoms with E-state index in [1.54, 1.807) is 45.3 Å². The Morgan fingerprint density at radius 3 is 1.15 bits per heavy atom. The van der Waals surface area contributed by atoms with Crippen molar-refractivity contribution in [2.75, 3.05) is 24.0 Å². The molecule has 0 unspecified atom stereocenters. The minimum Gasteiger partial charge on any atom is -0.469 e. The molecule has 0 aliphatic heterocycles. The lowest BCUT2D eigenvalue weighted by atomic mass is 10.1. The molecule has 11 rings (SSSR count). The average Bonchev–Trinajstić information content (AvgIpc) is 4.27. The van der Waals surface area contributed by atoms with E-state index >= 15 is 0 Å². The predicted octanol–water partition coefficient (Wildman–Crippen LogP) is 17.5. The van der Waals surface area contributed by atoms with Gasteiger partial charge in [0, 0.05) is 56.7 Å². The molecule has 0 saturated carbocycles. The molecule has 4 heterocycles. The van der Waals surface area contributed by atoms with E-state index in [-0.39, 0.29) is 11.9 Å². The number of aromatic nitrogens is 2. The van der Waals surface area contributed by atoms with Crippen LogP contribution in [0.25, 0.3) is 61.1 Å². The fraction of sp³-hybridized carbons (Fsp3) is 0.129. The molecule has 0 fully saturated rings. The first kappa shape index (κ1) is 48.5. The molecule has 0 bridgehead atoms. The Morgan fingerprint density at radius 1 is 0.419 bits per heavy atom. The van der Waals surface area contributed by atoms with Crippen LogP contribution in [-0.2, 0) is 31.9 Å². The quantitative estimate of drug-likeness (QED) is 0.0885. The fourth-order valence-corrected chi connectivity index (χ4v) is 13.2. The summed E-state index contributed by atoms with van der Waals surface area (Å²) in [5.74, 6) is -0.408. The summed E-state index contributed by atoms with van der Waals surface area (Å²) in [6.07, 6.45) is 1.98. The van der Waals surface area contributed by atoms with Crippen LogP contribution in [0.1, 0.15) is 35.1 Å². The molecule has 0 radical (unpaired) electrons. The molecule has 0 N–H and O–H groups in total. The number of aryl methyl sites for hydroxylation is 4. The van der Waals surface area contributed by atoms with Gasteiger partial charge in [-0.15, -0.1) is 45.3 Å². The Bertz CT molecular complexity index is 3480. The van der Waals surface area contributed by atoms with Gasteiger partial charge in [0.1, 0.15) is 10.0 Å². The highest BCUT2D eigenvalue weighted by atomic mass is 32.1. The van der Waals surface area contributed by atoms with Crippen molar-refractivity contribution in [3.05, 3.63) is 204 Å². The van der Waals surface area contributed by atoms with Gasteiger partial charge < -0.3 is 19.3 Å². The molecule has 11 aromatic rings. The Balaban J connectivity index is 0.788. The summed E-state index contributed by atoms with van der Waals surface area (Å²) < 4.78 is 11.9. The molecule has 7 aromatic carbocycles. The van der Waals surface area contributed by atoms with Crippen molar-refractivity contribution in [3.63, 3.8) is 0 Å². The Hall–Kier alpha value is -7.74. The second-order valence-electron chi connectivity index (χ2n) is 18.1. The average molecular weight is 1040 g/mol. The smallest absolute Gasteiger partial charge is 0.305 e. The second kappa shape index (κ2) is 21.4. The number of rotatable bonds is 16. The predicted molar refractivity (Wildman–Crippen MR) is 310 cm³/mol. The summed E-state index contributed by atoms with van der Waals surface area (Å²) >= 11 is 6.94. The molecular weight excluding hydrogens is 993 g/mol. The molecule has 12 heteroatoms. The lowest BCUT2D eigenvalue weighted by molar-refractivity contribution is -0.141. The van der Waals surface area contributed by atoms with Crippen molar-refractivity contribution in [2.45, 2.75) is 39.5 Å². The standard InChI is InChI=1S/C62H50N4O4S4/c1-39-7-5-9-49(35-39)65(45-21-11-41(12-22-45)15-33-59(67)69-3)47-25-17-43(18-26-47)53-29-31-55(71-53)61-63-51-37-58-52(38-57(51)73-61)64-62(74-58)56-32-30-54(72-56)44-19-27-48(28-20-44)66(50-10-6-8-40(2)36-50)46-23-13-42(14-24-46)16-34-60(68)70-4/h5-14,17-32,35-38H,15-16,33-34H2,1-4H3. The van der Waals surface area contributed by atoms with Gasteiger partial charge in [0.05, 0.1) is 44.4 Å². The van der Waals surface area contributed by atoms with Crippen molar-refractivity contribution >= 4 is 112 Å². The first-order valence-electron chi connectivity index (χ1n) is 24.3. The van der Waals surface area contributed by atoms with Gasteiger partial charge in [-0.1, -0.05) is 72.8 Å². The highest BCUT2D eigenvalue weighted by Gasteiger charge is 2.19. The maximum atomic E-state index is 11.8. The van der Waals surface area contributed by atoms with Gasteiger partial charge in [-0.3, -0.25) is 9.59 Å². The Labute approximate surface area is 446 Å². The van der Waals surface area contributed by atoms with Gasteiger partial charge in [-0.25, -0.2) is 9.97 Å². The molecule has 366 valence electrons. The van der Waals surface area contributed by atoms with Gasteiger partial charge in [0.2, 0.25) is 0 Å². The normalized spacial score (nSPS) is 11.3. The van der Waals surface area contributed by atoms with Gasteiger partial charge in [-0.2, -0.15) is 0 Å². The number of anilines is 6. The first-order valence-corrected chi connectivity index (χ1v) is 27.6. The zero-order valence-corrected chi connectivity index (χ0v) is 44.5. The lowest BCUT2D eigenvalue weighted by Gasteiger charge is -2.26. The molecule has 4 aromatic heterocycles. The van der Waals surface area contributed by atoms with E-state index in [1.165, 1.54) is 35.1 Å². The third-order valence-electron chi connectivity index (χ3n) is 13.0. The van der Waals surface area contributed by atoms with Crippen molar-refractivity contribution in [1.82, 2.24) is 9.97 Å². The SMILES string of the molecule is COC(=O)CCc1ccc(N(c2ccc(-c3ccc(-c4nc5cc6sc(-c7ccc(-c8ccc(N(c9ccc(CCC(=O)OC)cc9)c9cccc(C)c9)cc8)s7)nc6cc5s4)s3)cc2)c2cccc(C)c2)cc1.